The second kappa shape index (κ2) is 5.46. The third-order valence-electron chi connectivity index (χ3n) is 3.67. The summed E-state index contributed by atoms with van der Waals surface area (Å²) in [5.41, 5.74) is 0.958. The number of benzene rings is 1. The number of carbonyl (C=O) groups excluding carboxylic acids is 1. The molecule has 2 aromatic rings. The molecule has 2 heterocycles. The molecule has 1 aromatic carbocycles. The van der Waals surface area contributed by atoms with E-state index >= 15 is 0 Å². The van der Waals surface area contributed by atoms with E-state index in [1.54, 1.807) is 7.05 Å². The molecular formula is C15H18N4O. The summed E-state index contributed by atoms with van der Waals surface area (Å²) >= 11 is 0. The minimum absolute atomic E-state index is 0.0205. The fourth-order valence-corrected chi connectivity index (χ4v) is 2.59. The Morgan fingerprint density at radius 2 is 2.20 bits per heavy atom. The first-order valence-corrected chi connectivity index (χ1v) is 6.84. The van der Waals surface area contributed by atoms with E-state index in [4.69, 9.17) is 0 Å². The van der Waals surface area contributed by atoms with Crippen LogP contribution in [-0.4, -0.2) is 43.6 Å². The first-order valence-electron chi connectivity index (χ1n) is 6.84. The van der Waals surface area contributed by atoms with Gasteiger partial charge in [0.15, 0.2) is 0 Å². The zero-order valence-electron chi connectivity index (χ0n) is 11.5. The highest BCUT2D eigenvalue weighted by atomic mass is 16.2. The standard InChI is InChI=1S/C15H18N4O/c1-16-15(20)13-10-17-8-9-19(13)14-7-6-11-4-2-3-5-12(11)18-14/h2-7,13,17H,8-10H2,1H3,(H,16,20). The first kappa shape index (κ1) is 12.9. The average molecular weight is 270 g/mol. The molecule has 0 bridgehead atoms. The Morgan fingerprint density at radius 1 is 1.35 bits per heavy atom. The highest BCUT2D eigenvalue weighted by molar-refractivity contribution is 5.86. The maximum atomic E-state index is 12.0. The largest absolute Gasteiger partial charge is 0.357 e. The summed E-state index contributed by atoms with van der Waals surface area (Å²) in [5.74, 6) is 0.881. The van der Waals surface area contributed by atoms with Gasteiger partial charge in [0.1, 0.15) is 11.9 Å². The molecule has 1 aliphatic heterocycles. The predicted octanol–water partition coefficient (Wildman–Crippen LogP) is 0.759. The van der Waals surface area contributed by atoms with E-state index in [2.05, 4.69) is 26.6 Å². The quantitative estimate of drug-likeness (QED) is 0.846. The molecule has 0 saturated carbocycles. The van der Waals surface area contributed by atoms with Crippen LogP contribution >= 0.6 is 0 Å². The van der Waals surface area contributed by atoms with Crippen LogP contribution in [0.2, 0.25) is 0 Å². The Kier molecular flexibility index (Phi) is 3.52. The summed E-state index contributed by atoms with van der Waals surface area (Å²) in [6.45, 7) is 2.29. The molecule has 1 fully saturated rings. The third-order valence-corrected chi connectivity index (χ3v) is 3.67. The van der Waals surface area contributed by atoms with Crippen LogP contribution in [0.5, 0.6) is 0 Å². The van der Waals surface area contributed by atoms with Crippen LogP contribution in [0.3, 0.4) is 0 Å². The van der Waals surface area contributed by atoms with Crippen LogP contribution in [0, 0.1) is 0 Å². The molecule has 0 spiro atoms. The SMILES string of the molecule is CNC(=O)C1CNCCN1c1ccc2ccccc2n1. The summed E-state index contributed by atoms with van der Waals surface area (Å²) in [6.07, 6.45) is 0. The maximum Gasteiger partial charge on any atom is 0.243 e. The Balaban J connectivity index is 1.96. The first-order chi connectivity index (χ1) is 9.79. The van der Waals surface area contributed by atoms with Crippen molar-refractivity contribution < 1.29 is 4.79 Å². The molecule has 1 unspecified atom stereocenters. The van der Waals surface area contributed by atoms with E-state index in [0.29, 0.717) is 6.54 Å². The Morgan fingerprint density at radius 3 is 3.05 bits per heavy atom. The lowest BCUT2D eigenvalue weighted by atomic mass is 10.1. The smallest absolute Gasteiger partial charge is 0.243 e. The van der Waals surface area contributed by atoms with Crippen molar-refractivity contribution >= 4 is 22.6 Å². The van der Waals surface area contributed by atoms with Crippen molar-refractivity contribution in [1.29, 1.82) is 0 Å². The molecule has 0 aliphatic carbocycles. The fraction of sp³-hybridized carbons (Fsp3) is 0.333. The van der Waals surface area contributed by atoms with Gasteiger partial charge in [0.05, 0.1) is 5.52 Å². The van der Waals surface area contributed by atoms with Gasteiger partial charge in [-0.25, -0.2) is 4.98 Å². The van der Waals surface area contributed by atoms with Crippen LogP contribution < -0.4 is 15.5 Å². The van der Waals surface area contributed by atoms with Gasteiger partial charge in [0.2, 0.25) is 5.91 Å². The summed E-state index contributed by atoms with van der Waals surface area (Å²) in [5, 5.41) is 7.09. The molecule has 5 heteroatoms. The Labute approximate surface area is 118 Å². The molecule has 1 saturated heterocycles. The minimum atomic E-state index is -0.206. The molecule has 104 valence electrons. The van der Waals surface area contributed by atoms with Gasteiger partial charge in [0.25, 0.3) is 0 Å². The third kappa shape index (κ3) is 2.32. The number of hydrogen-bond donors (Lipinski definition) is 2. The number of likely N-dealkylation sites (N-methyl/N-ethyl adjacent to an activating group) is 1. The van der Waals surface area contributed by atoms with Crippen molar-refractivity contribution in [3.05, 3.63) is 36.4 Å². The maximum absolute atomic E-state index is 12.0. The zero-order valence-corrected chi connectivity index (χ0v) is 11.5. The number of para-hydroxylation sites is 1. The number of fused-ring (bicyclic) bond motifs is 1. The van der Waals surface area contributed by atoms with Gasteiger partial charge in [-0.2, -0.15) is 0 Å². The number of nitrogens with zero attached hydrogens (tertiary/aromatic N) is 2. The number of rotatable bonds is 2. The average Bonchev–Trinajstić information content (AvgIpc) is 2.53. The minimum Gasteiger partial charge on any atom is -0.357 e. The lowest BCUT2D eigenvalue weighted by molar-refractivity contribution is -0.122. The number of piperazine rings is 1. The number of carbonyl (C=O) groups is 1. The van der Waals surface area contributed by atoms with Crippen molar-refractivity contribution in [2.75, 3.05) is 31.6 Å². The molecule has 2 N–H and O–H groups in total. The molecule has 0 radical (unpaired) electrons. The summed E-state index contributed by atoms with van der Waals surface area (Å²) in [7, 11) is 1.67. The van der Waals surface area contributed by atoms with E-state index in [1.165, 1.54) is 0 Å². The van der Waals surface area contributed by atoms with E-state index in [9.17, 15) is 4.79 Å². The van der Waals surface area contributed by atoms with Gasteiger partial charge in [0, 0.05) is 32.1 Å². The van der Waals surface area contributed by atoms with Gasteiger partial charge >= 0.3 is 0 Å². The van der Waals surface area contributed by atoms with E-state index in [-0.39, 0.29) is 11.9 Å². The van der Waals surface area contributed by atoms with Gasteiger partial charge < -0.3 is 15.5 Å². The lowest BCUT2D eigenvalue weighted by Gasteiger charge is -2.35. The number of aromatic nitrogens is 1. The van der Waals surface area contributed by atoms with Crippen molar-refractivity contribution in [2.45, 2.75) is 6.04 Å². The van der Waals surface area contributed by atoms with E-state index in [1.807, 2.05) is 30.3 Å². The van der Waals surface area contributed by atoms with Crippen LogP contribution in [0.25, 0.3) is 10.9 Å². The number of pyridine rings is 1. The zero-order chi connectivity index (χ0) is 13.9. The van der Waals surface area contributed by atoms with Crippen molar-refractivity contribution in [2.24, 2.45) is 0 Å². The topological polar surface area (TPSA) is 57.3 Å². The van der Waals surface area contributed by atoms with E-state index < -0.39 is 0 Å². The Bertz CT molecular complexity index is 628. The van der Waals surface area contributed by atoms with Crippen LogP contribution in [0.15, 0.2) is 36.4 Å². The number of nitrogens with one attached hydrogen (secondary N) is 2. The van der Waals surface area contributed by atoms with Crippen molar-refractivity contribution in [3.63, 3.8) is 0 Å². The molecule has 1 atom stereocenters. The van der Waals surface area contributed by atoms with Gasteiger partial charge in [-0.05, 0) is 18.2 Å². The van der Waals surface area contributed by atoms with Gasteiger partial charge in [-0.1, -0.05) is 18.2 Å². The Hall–Kier alpha value is -2.14. The van der Waals surface area contributed by atoms with Gasteiger partial charge in [-0.3, -0.25) is 4.79 Å². The molecule has 3 rings (SSSR count). The summed E-state index contributed by atoms with van der Waals surface area (Å²) in [6, 6.07) is 11.9. The van der Waals surface area contributed by atoms with Gasteiger partial charge in [-0.15, -0.1) is 0 Å². The van der Waals surface area contributed by atoms with Crippen LogP contribution in [-0.2, 0) is 4.79 Å². The summed E-state index contributed by atoms with van der Waals surface area (Å²) < 4.78 is 0. The normalized spacial score (nSPS) is 19.1. The van der Waals surface area contributed by atoms with Crippen LogP contribution in [0.1, 0.15) is 0 Å². The van der Waals surface area contributed by atoms with Crippen molar-refractivity contribution in [1.82, 2.24) is 15.6 Å². The molecule has 5 nitrogen and oxygen atoms in total. The highest BCUT2D eigenvalue weighted by Gasteiger charge is 2.28. The molecule has 1 aromatic heterocycles. The monoisotopic (exact) mass is 270 g/mol. The summed E-state index contributed by atoms with van der Waals surface area (Å²) in [4.78, 5) is 18.7. The second-order valence-corrected chi connectivity index (χ2v) is 4.89. The molecule has 20 heavy (non-hydrogen) atoms. The number of amides is 1. The molecular weight excluding hydrogens is 252 g/mol. The second-order valence-electron chi connectivity index (χ2n) is 4.89. The molecule has 1 amide bonds. The fourth-order valence-electron chi connectivity index (χ4n) is 2.59. The van der Waals surface area contributed by atoms with Crippen LogP contribution in [0.4, 0.5) is 5.82 Å². The van der Waals surface area contributed by atoms with E-state index in [0.717, 1.165) is 29.8 Å². The lowest BCUT2D eigenvalue weighted by Crippen LogP contribution is -2.57. The number of anilines is 1. The highest BCUT2D eigenvalue weighted by Crippen LogP contribution is 2.20. The number of hydrogen-bond acceptors (Lipinski definition) is 4. The molecule has 1 aliphatic rings. The predicted molar refractivity (Wildman–Crippen MR) is 79.8 cm³/mol. The van der Waals surface area contributed by atoms with Crippen molar-refractivity contribution in [3.8, 4) is 0 Å².